The molecule has 1 aromatic heterocycles. The number of aromatic nitrogens is 1. The summed E-state index contributed by atoms with van der Waals surface area (Å²) in [7, 11) is -3.93. The first-order valence-corrected chi connectivity index (χ1v) is 7.05. The molecule has 20 heavy (non-hydrogen) atoms. The molecule has 1 amide bonds. The molecule has 0 aromatic carbocycles. The van der Waals surface area contributed by atoms with Crippen molar-refractivity contribution in [2.75, 3.05) is 11.4 Å². The molecule has 0 aliphatic carbocycles. The molecule has 1 aromatic rings. The van der Waals surface area contributed by atoms with Crippen molar-refractivity contribution < 1.29 is 26.4 Å². The standard InChI is InChI=1S/C10H10F3N3O3S/c11-10(12,13)6-1-2-15-8(3-6)16-5-7(4-9(16)17)20(14,18)19/h1-3,7H,4-5H2,(H2,14,18,19). The van der Waals surface area contributed by atoms with Crippen molar-refractivity contribution in [1.82, 2.24) is 4.98 Å². The minimum absolute atomic E-state index is 0.240. The molecule has 110 valence electrons. The first kappa shape index (κ1) is 14.7. The van der Waals surface area contributed by atoms with Gasteiger partial charge in [0.05, 0.1) is 5.56 Å². The van der Waals surface area contributed by atoms with E-state index in [9.17, 15) is 26.4 Å². The van der Waals surface area contributed by atoms with Gasteiger partial charge in [-0.15, -0.1) is 0 Å². The number of amides is 1. The molecule has 2 rings (SSSR count). The lowest BCUT2D eigenvalue weighted by molar-refractivity contribution is -0.137. The molecular formula is C10H10F3N3O3S. The summed E-state index contributed by atoms with van der Waals surface area (Å²) in [5.74, 6) is -0.869. The van der Waals surface area contributed by atoms with Crippen LogP contribution >= 0.6 is 0 Å². The predicted molar refractivity (Wildman–Crippen MR) is 63.1 cm³/mol. The van der Waals surface area contributed by atoms with Gasteiger partial charge in [-0.2, -0.15) is 13.2 Å². The minimum Gasteiger partial charge on any atom is -0.295 e. The molecule has 1 atom stereocenters. The summed E-state index contributed by atoms with van der Waals surface area (Å²) in [6, 6.07) is 1.46. The second kappa shape index (κ2) is 4.70. The van der Waals surface area contributed by atoms with E-state index in [4.69, 9.17) is 5.14 Å². The molecule has 1 saturated heterocycles. The third kappa shape index (κ3) is 2.90. The molecule has 0 spiro atoms. The number of sulfonamides is 1. The highest BCUT2D eigenvalue weighted by Crippen LogP contribution is 2.32. The molecular weight excluding hydrogens is 299 g/mol. The summed E-state index contributed by atoms with van der Waals surface area (Å²) in [4.78, 5) is 16.2. The summed E-state index contributed by atoms with van der Waals surface area (Å²) < 4.78 is 60.1. The Labute approximate surface area is 112 Å². The lowest BCUT2D eigenvalue weighted by Crippen LogP contribution is -2.32. The first-order chi connectivity index (χ1) is 9.09. The molecule has 1 aliphatic heterocycles. The van der Waals surface area contributed by atoms with Gasteiger partial charge in [-0.3, -0.25) is 9.69 Å². The van der Waals surface area contributed by atoms with E-state index in [-0.39, 0.29) is 18.8 Å². The topological polar surface area (TPSA) is 93.4 Å². The van der Waals surface area contributed by atoms with Crippen molar-refractivity contribution in [3.63, 3.8) is 0 Å². The van der Waals surface area contributed by atoms with E-state index in [1.807, 2.05) is 0 Å². The Hall–Kier alpha value is -1.68. The van der Waals surface area contributed by atoms with Crippen LogP contribution in [0.15, 0.2) is 18.3 Å². The molecule has 2 N–H and O–H groups in total. The van der Waals surface area contributed by atoms with Crippen molar-refractivity contribution in [1.29, 1.82) is 0 Å². The Bertz CT molecular complexity index is 645. The number of alkyl halides is 3. The maximum Gasteiger partial charge on any atom is 0.416 e. The molecule has 1 aliphatic rings. The molecule has 6 nitrogen and oxygen atoms in total. The number of hydrogen-bond donors (Lipinski definition) is 1. The lowest BCUT2D eigenvalue weighted by Gasteiger charge is -2.16. The van der Waals surface area contributed by atoms with Crippen LogP contribution in [0.25, 0.3) is 0 Å². The van der Waals surface area contributed by atoms with E-state index in [1.165, 1.54) is 0 Å². The van der Waals surface area contributed by atoms with Crippen LogP contribution in [0.1, 0.15) is 12.0 Å². The molecule has 0 radical (unpaired) electrons. The van der Waals surface area contributed by atoms with Crippen molar-refractivity contribution >= 4 is 21.7 Å². The second-order valence-corrected chi connectivity index (χ2v) is 6.16. The van der Waals surface area contributed by atoms with Gasteiger partial charge in [-0.1, -0.05) is 0 Å². The number of pyridine rings is 1. The van der Waals surface area contributed by atoms with E-state index in [0.717, 1.165) is 17.2 Å². The Morgan fingerprint density at radius 1 is 1.40 bits per heavy atom. The highest BCUT2D eigenvalue weighted by atomic mass is 32.2. The van der Waals surface area contributed by atoms with Gasteiger partial charge in [0.15, 0.2) is 0 Å². The van der Waals surface area contributed by atoms with Crippen LogP contribution in [-0.2, 0) is 21.0 Å². The van der Waals surface area contributed by atoms with Gasteiger partial charge in [0.2, 0.25) is 15.9 Å². The highest BCUT2D eigenvalue weighted by molar-refractivity contribution is 7.89. The third-order valence-corrected chi connectivity index (χ3v) is 4.15. The van der Waals surface area contributed by atoms with Gasteiger partial charge in [0, 0.05) is 19.2 Å². The fourth-order valence-corrected chi connectivity index (χ4v) is 2.59. The number of hydrogen-bond acceptors (Lipinski definition) is 4. The molecule has 1 fully saturated rings. The van der Waals surface area contributed by atoms with E-state index >= 15 is 0 Å². The molecule has 1 unspecified atom stereocenters. The van der Waals surface area contributed by atoms with E-state index in [0.29, 0.717) is 6.07 Å². The summed E-state index contributed by atoms with van der Waals surface area (Å²) in [5, 5.41) is 3.80. The number of carbonyl (C=O) groups excluding carboxylic acids is 1. The second-order valence-electron chi connectivity index (χ2n) is 4.32. The Morgan fingerprint density at radius 2 is 2.05 bits per heavy atom. The van der Waals surface area contributed by atoms with Crippen molar-refractivity contribution in [2.45, 2.75) is 17.8 Å². The van der Waals surface area contributed by atoms with Gasteiger partial charge in [0.25, 0.3) is 0 Å². The smallest absolute Gasteiger partial charge is 0.295 e. The fraction of sp³-hybridized carbons (Fsp3) is 0.400. The van der Waals surface area contributed by atoms with Crippen molar-refractivity contribution in [3.8, 4) is 0 Å². The van der Waals surface area contributed by atoms with Crippen LogP contribution in [0.2, 0.25) is 0 Å². The maximum absolute atomic E-state index is 12.6. The number of nitrogens with zero attached hydrogens (tertiary/aromatic N) is 2. The first-order valence-electron chi connectivity index (χ1n) is 5.44. The summed E-state index contributed by atoms with van der Waals surface area (Å²) in [6.45, 7) is -0.300. The maximum atomic E-state index is 12.6. The number of carbonyl (C=O) groups is 1. The van der Waals surface area contributed by atoms with Crippen LogP contribution in [0.5, 0.6) is 0 Å². The average molecular weight is 309 g/mol. The zero-order chi connectivity index (χ0) is 15.1. The van der Waals surface area contributed by atoms with Gasteiger partial charge in [-0.25, -0.2) is 18.5 Å². The SMILES string of the molecule is NS(=O)(=O)C1CC(=O)N(c2cc(C(F)(F)F)ccn2)C1. The highest BCUT2D eigenvalue weighted by Gasteiger charge is 2.39. The van der Waals surface area contributed by atoms with Crippen LogP contribution in [-0.4, -0.2) is 31.1 Å². The normalized spacial score (nSPS) is 20.5. The van der Waals surface area contributed by atoms with Crippen molar-refractivity contribution in [2.24, 2.45) is 5.14 Å². The summed E-state index contributed by atoms with van der Waals surface area (Å²) >= 11 is 0. The Balaban J connectivity index is 2.32. The molecule has 0 bridgehead atoms. The van der Waals surface area contributed by atoms with Crippen molar-refractivity contribution in [3.05, 3.63) is 23.9 Å². The Kier molecular flexibility index (Phi) is 3.46. The number of nitrogens with two attached hydrogens (primary N) is 1. The van der Waals surface area contributed by atoms with Gasteiger partial charge >= 0.3 is 6.18 Å². The monoisotopic (exact) mass is 309 g/mol. The fourth-order valence-electron chi connectivity index (χ4n) is 1.86. The predicted octanol–water partition coefficient (Wildman–Crippen LogP) is 0.494. The lowest BCUT2D eigenvalue weighted by atomic mass is 10.2. The van der Waals surface area contributed by atoms with E-state index < -0.39 is 32.9 Å². The zero-order valence-corrected chi connectivity index (χ0v) is 10.8. The van der Waals surface area contributed by atoms with Crippen LogP contribution in [0, 0.1) is 0 Å². The number of halogens is 3. The summed E-state index contributed by atoms with van der Waals surface area (Å²) in [5.41, 5.74) is -0.964. The average Bonchev–Trinajstić information content (AvgIpc) is 2.70. The Morgan fingerprint density at radius 3 is 2.55 bits per heavy atom. The molecule has 10 heteroatoms. The number of primary sulfonamides is 1. The van der Waals surface area contributed by atoms with Gasteiger partial charge < -0.3 is 0 Å². The van der Waals surface area contributed by atoms with Gasteiger partial charge in [-0.05, 0) is 12.1 Å². The summed E-state index contributed by atoms with van der Waals surface area (Å²) in [6.07, 6.45) is -4.02. The third-order valence-electron chi connectivity index (χ3n) is 2.90. The van der Waals surface area contributed by atoms with Crippen LogP contribution in [0.4, 0.5) is 19.0 Å². The van der Waals surface area contributed by atoms with Gasteiger partial charge in [0.1, 0.15) is 11.1 Å². The molecule has 2 heterocycles. The minimum atomic E-state index is -4.57. The number of rotatable bonds is 2. The zero-order valence-electron chi connectivity index (χ0n) is 9.96. The quantitative estimate of drug-likeness (QED) is 0.860. The van der Waals surface area contributed by atoms with Crippen LogP contribution < -0.4 is 10.0 Å². The van der Waals surface area contributed by atoms with E-state index in [2.05, 4.69) is 4.98 Å². The largest absolute Gasteiger partial charge is 0.416 e. The molecule has 0 saturated carbocycles. The van der Waals surface area contributed by atoms with E-state index in [1.54, 1.807) is 0 Å². The number of anilines is 1. The van der Waals surface area contributed by atoms with Crippen LogP contribution in [0.3, 0.4) is 0 Å².